The molecule has 2 fully saturated rings. The van der Waals surface area contributed by atoms with Crippen LogP contribution in [0.5, 0.6) is 11.5 Å². The Morgan fingerprint density at radius 3 is 2.67 bits per heavy atom. The second kappa shape index (κ2) is 5.51. The maximum atomic E-state index is 12.7. The number of nitrogens with zero attached hydrogens (tertiary/aromatic N) is 1. The van der Waals surface area contributed by atoms with Crippen molar-refractivity contribution in [2.24, 2.45) is 0 Å². The molecule has 0 radical (unpaired) electrons. The normalized spacial score (nSPS) is 21.2. The zero-order valence-electron chi connectivity index (χ0n) is 13.2. The molecule has 2 heterocycles. The fourth-order valence-electron chi connectivity index (χ4n) is 3.62. The molecule has 1 aromatic rings. The van der Waals surface area contributed by atoms with E-state index in [1.807, 2.05) is 0 Å². The van der Waals surface area contributed by atoms with Crippen molar-refractivity contribution in [2.75, 3.05) is 13.3 Å². The molecule has 0 unspecified atom stereocenters. The first-order chi connectivity index (χ1) is 11.6. The molecule has 0 bridgehead atoms. The number of hydrogen-bond acceptors (Lipinski definition) is 5. The van der Waals surface area contributed by atoms with Crippen molar-refractivity contribution in [2.45, 2.75) is 37.6 Å². The Balaban J connectivity index is 1.51. The molecule has 1 aromatic carbocycles. The van der Waals surface area contributed by atoms with Crippen molar-refractivity contribution >= 4 is 17.7 Å². The van der Waals surface area contributed by atoms with E-state index in [9.17, 15) is 14.4 Å². The molecule has 7 heteroatoms. The quantitative estimate of drug-likeness (QED) is 0.675. The summed E-state index contributed by atoms with van der Waals surface area (Å²) < 4.78 is 10.5. The number of amides is 3. The van der Waals surface area contributed by atoms with Crippen LogP contribution >= 0.6 is 0 Å². The minimum Gasteiger partial charge on any atom is -0.454 e. The molecule has 2 aliphatic heterocycles. The van der Waals surface area contributed by atoms with Crippen LogP contribution in [0.2, 0.25) is 0 Å². The van der Waals surface area contributed by atoms with E-state index in [1.54, 1.807) is 18.2 Å². The van der Waals surface area contributed by atoms with Gasteiger partial charge in [-0.3, -0.25) is 14.5 Å². The molecule has 3 aliphatic rings. The summed E-state index contributed by atoms with van der Waals surface area (Å²) in [6, 6.07) is 4.38. The van der Waals surface area contributed by atoms with Crippen molar-refractivity contribution in [1.29, 1.82) is 0 Å². The molecule has 1 saturated heterocycles. The monoisotopic (exact) mass is 330 g/mol. The molecule has 0 atom stereocenters. The van der Waals surface area contributed by atoms with Gasteiger partial charge in [-0.2, -0.15) is 0 Å². The van der Waals surface area contributed by atoms with Gasteiger partial charge in [-0.05, 0) is 31.0 Å². The highest BCUT2D eigenvalue weighted by Gasteiger charge is 2.51. The smallest absolute Gasteiger partial charge is 0.325 e. The number of carbonyl (C=O) groups excluding carboxylic acids is 3. The predicted molar refractivity (Wildman–Crippen MR) is 83.0 cm³/mol. The van der Waals surface area contributed by atoms with E-state index >= 15 is 0 Å². The molecular formula is C17H18N2O5. The molecule has 4 rings (SSSR count). The number of Topliss-reactive ketones (excluding diaryl/α,β-unsaturated/α-hetero) is 1. The number of ketones is 1. The van der Waals surface area contributed by atoms with Gasteiger partial charge in [0, 0.05) is 5.56 Å². The average molecular weight is 330 g/mol. The number of urea groups is 1. The Labute approximate surface area is 138 Å². The fourth-order valence-corrected chi connectivity index (χ4v) is 3.62. The van der Waals surface area contributed by atoms with Crippen LogP contribution in [0.3, 0.4) is 0 Å². The van der Waals surface area contributed by atoms with Crippen molar-refractivity contribution < 1.29 is 23.9 Å². The lowest BCUT2D eigenvalue weighted by atomic mass is 9.82. The van der Waals surface area contributed by atoms with Gasteiger partial charge in [-0.1, -0.05) is 19.3 Å². The van der Waals surface area contributed by atoms with Crippen molar-refractivity contribution in [3.05, 3.63) is 23.8 Å². The van der Waals surface area contributed by atoms with E-state index in [2.05, 4.69) is 5.32 Å². The van der Waals surface area contributed by atoms with E-state index < -0.39 is 11.6 Å². The van der Waals surface area contributed by atoms with Gasteiger partial charge in [0.2, 0.25) is 6.79 Å². The SMILES string of the molecule is O=C(CN1C(=O)NC2(CCCCC2)C1=O)c1ccc2c(c1)OCO2. The highest BCUT2D eigenvalue weighted by molar-refractivity contribution is 6.11. The fraction of sp³-hybridized carbons (Fsp3) is 0.471. The Morgan fingerprint density at radius 2 is 1.88 bits per heavy atom. The van der Waals surface area contributed by atoms with E-state index in [0.29, 0.717) is 29.9 Å². The average Bonchev–Trinajstić information content (AvgIpc) is 3.14. The van der Waals surface area contributed by atoms with Crippen LogP contribution < -0.4 is 14.8 Å². The highest BCUT2D eigenvalue weighted by atomic mass is 16.7. The Hall–Kier alpha value is -2.57. The second-order valence-electron chi connectivity index (χ2n) is 6.46. The molecule has 1 aliphatic carbocycles. The predicted octanol–water partition coefficient (Wildman–Crippen LogP) is 1.85. The van der Waals surface area contributed by atoms with Crippen LogP contribution in [-0.4, -0.2) is 41.5 Å². The van der Waals surface area contributed by atoms with Gasteiger partial charge >= 0.3 is 6.03 Å². The van der Waals surface area contributed by atoms with Crippen molar-refractivity contribution in [1.82, 2.24) is 10.2 Å². The lowest BCUT2D eigenvalue weighted by Gasteiger charge is -2.30. The summed E-state index contributed by atoms with van der Waals surface area (Å²) in [5, 5.41) is 2.81. The summed E-state index contributed by atoms with van der Waals surface area (Å²) >= 11 is 0. The largest absolute Gasteiger partial charge is 0.454 e. The molecule has 7 nitrogen and oxygen atoms in total. The topological polar surface area (TPSA) is 84.9 Å². The molecule has 1 N–H and O–H groups in total. The van der Waals surface area contributed by atoms with Crippen LogP contribution in [0.4, 0.5) is 4.79 Å². The first kappa shape index (κ1) is 15.0. The summed E-state index contributed by atoms with van der Waals surface area (Å²) in [6.45, 7) is -0.130. The third-order valence-electron chi connectivity index (χ3n) is 4.95. The molecule has 126 valence electrons. The van der Waals surface area contributed by atoms with Gasteiger partial charge < -0.3 is 14.8 Å². The maximum Gasteiger partial charge on any atom is 0.325 e. The van der Waals surface area contributed by atoms with Crippen molar-refractivity contribution in [3.8, 4) is 11.5 Å². The number of fused-ring (bicyclic) bond motifs is 1. The number of ether oxygens (including phenoxy) is 2. The third-order valence-corrected chi connectivity index (χ3v) is 4.95. The summed E-state index contributed by atoms with van der Waals surface area (Å²) in [7, 11) is 0. The highest BCUT2D eigenvalue weighted by Crippen LogP contribution is 2.35. The van der Waals surface area contributed by atoms with Crippen LogP contribution in [0.1, 0.15) is 42.5 Å². The Morgan fingerprint density at radius 1 is 1.12 bits per heavy atom. The van der Waals surface area contributed by atoms with Crippen LogP contribution in [0.15, 0.2) is 18.2 Å². The van der Waals surface area contributed by atoms with E-state index in [4.69, 9.17) is 9.47 Å². The molecule has 3 amide bonds. The number of rotatable bonds is 3. The first-order valence-electron chi connectivity index (χ1n) is 8.16. The van der Waals surface area contributed by atoms with Gasteiger partial charge in [0.05, 0.1) is 6.54 Å². The number of hydrogen-bond donors (Lipinski definition) is 1. The van der Waals surface area contributed by atoms with Gasteiger partial charge in [0.1, 0.15) is 5.54 Å². The lowest BCUT2D eigenvalue weighted by molar-refractivity contribution is -0.132. The summed E-state index contributed by atoms with van der Waals surface area (Å²) in [6.07, 6.45) is 4.19. The zero-order chi connectivity index (χ0) is 16.7. The second-order valence-corrected chi connectivity index (χ2v) is 6.46. The third kappa shape index (κ3) is 2.31. The molecule has 1 spiro atoms. The minimum absolute atomic E-state index is 0.127. The van der Waals surface area contributed by atoms with E-state index in [0.717, 1.165) is 24.2 Å². The zero-order valence-corrected chi connectivity index (χ0v) is 13.2. The number of carbonyl (C=O) groups is 3. The van der Waals surface area contributed by atoms with Crippen LogP contribution in [0.25, 0.3) is 0 Å². The Bertz CT molecular complexity index is 724. The minimum atomic E-state index is -0.801. The van der Waals surface area contributed by atoms with Crippen LogP contribution in [-0.2, 0) is 4.79 Å². The van der Waals surface area contributed by atoms with Gasteiger partial charge in [0.15, 0.2) is 17.3 Å². The Kier molecular flexibility index (Phi) is 3.44. The first-order valence-corrected chi connectivity index (χ1v) is 8.16. The van der Waals surface area contributed by atoms with Gasteiger partial charge in [-0.25, -0.2) is 4.79 Å². The number of imide groups is 1. The number of benzene rings is 1. The summed E-state index contributed by atoms with van der Waals surface area (Å²) in [5.41, 5.74) is -0.408. The van der Waals surface area contributed by atoms with Gasteiger partial charge in [-0.15, -0.1) is 0 Å². The molecule has 24 heavy (non-hydrogen) atoms. The number of nitrogens with one attached hydrogen (secondary N) is 1. The maximum absolute atomic E-state index is 12.7. The van der Waals surface area contributed by atoms with E-state index in [1.165, 1.54) is 0 Å². The van der Waals surface area contributed by atoms with Gasteiger partial charge in [0.25, 0.3) is 5.91 Å². The summed E-state index contributed by atoms with van der Waals surface area (Å²) in [4.78, 5) is 38.4. The molecule has 0 aromatic heterocycles. The van der Waals surface area contributed by atoms with E-state index in [-0.39, 0.29) is 25.0 Å². The lowest BCUT2D eigenvalue weighted by Crippen LogP contribution is -2.48. The molecule has 1 saturated carbocycles. The molecular weight excluding hydrogens is 312 g/mol. The standard InChI is InChI=1S/C17H18N2O5/c20-12(11-4-5-13-14(8-11)24-10-23-13)9-19-15(21)17(18-16(19)22)6-2-1-3-7-17/h4-5,8H,1-3,6-7,9-10H2,(H,18,22). The van der Waals surface area contributed by atoms with Crippen molar-refractivity contribution in [3.63, 3.8) is 0 Å². The van der Waals surface area contributed by atoms with Crippen LogP contribution in [0, 0.1) is 0 Å². The summed E-state index contributed by atoms with van der Waals surface area (Å²) in [5.74, 6) is 0.510.